The van der Waals surface area contributed by atoms with E-state index in [-0.39, 0.29) is 36.1 Å². The van der Waals surface area contributed by atoms with Crippen molar-refractivity contribution in [3.63, 3.8) is 0 Å². The molecule has 3 rings (SSSR count). The minimum absolute atomic E-state index is 0.00231. The van der Waals surface area contributed by atoms with Crippen molar-refractivity contribution < 1.29 is 53.7 Å². The van der Waals surface area contributed by atoms with E-state index < -0.39 is 73.2 Å². The molecule has 0 spiro atoms. The summed E-state index contributed by atoms with van der Waals surface area (Å²) in [6, 6.07) is 0. The lowest BCUT2D eigenvalue weighted by atomic mass is 9.83. The summed E-state index contributed by atoms with van der Waals surface area (Å²) in [4.78, 5) is 25.2. The zero-order chi connectivity index (χ0) is 36.4. The van der Waals surface area contributed by atoms with E-state index in [4.69, 9.17) is 23.7 Å². The van der Waals surface area contributed by atoms with E-state index in [2.05, 4.69) is 26.0 Å². The number of allylic oxidation sites excluding steroid dienone is 5. The van der Waals surface area contributed by atoms with Gasteiger partial charge in [0.2, 0.25) is 0 Å². The third-order valence-corrected chi connectivity index (χ3v) is 9.69. The van der Waals surface area contributed by atoms with E-state index in [0.717, 1.165) is 24.8 Å². The normalized spacial score (nSPS) is 36.0. The smallest absolute Gasteiger partial charge is 0.331 e. The molecular formula is C38H60O11. The Morgan fingerprint density at radius 1 is 1.04 bits per heavy atom. The largest absolute Gasteiger partial charge is 0.455 e. The Morgan fingerprint density at radius 2 is 1.76 bits per heavy atom. The van der Waals surface area contributed by atoms with Gasteiger partial charge in [0.25, 0.3) is 0 Å². The molecule has 278 valence electrons. The maximum atomic E-state index is 13.7. The van der Waals surface area contributed by atoms with E-state index in [1.165, 1.54) is 6.08 Å². The summed E-state index contributed by atoms with van der Waals surface area (Å²) >= 11 is 0. The molecule has 4 N–H and O–H groups in total. The highest BCUT2D eigenvalue weighted by atomic mass is 16.7. The molecule has 3 aliphatic heterocycles. The van der Waals surface area contributed by atoms with Crippen LogP contribution in [0.4, 0.5) is 0 Å². The van der Waals surface area contributed by atoms with Gasteiger partial charge in [-0.3, -0.25) is 4.79 Å². The van der Waals surface area contributed by atoms with Crippen LogP contribution >= 0.6 is 0 Å². The molecule has 3 aliphatic rings. The van der Waals surface area contributed by atoms with Crippen LogP contribution in [0.15, 0.2) is 48.1 Å². The topological polar surface area (TPSA) is 161 Å². The lowest BCUT2D eigenvalue weighted by Gasteiger charge is -2.45. The summed E-state index contributed by atoms with van der Waals surface area (Å²) in [6.45, 7) is 15.1. The maximum Gasteiger partial charge on any atom is 0.331 e. The van der Waals surface area contributed by atoms with Gasteiger partial charge in [0.1, 0.15) is 36.3 Å². The Labute approximate surface area is 292 Å². The number of Topliss-reactive ketones (excluding diaryl/α,β-unsaturated/α-hetero) is 1. The maximum absolute atomic E-state index is 13.7. The van der Waals surface area contributed by atoms with Crippen LogP contribution in [0, 0.1) is 23.7 Å². The Balaban J connectivity index is 1.60. The number of esters is 1. The number of cyclic esters (lactones) is 1. The van der Waals surface area contributed by atoms with Crippen molar-refractivity contribution in [1.82, 2.24) is 0 Å². The molecule has 0 aliphatic carbocycles. The first-order chi connectivity index (χ1) is 23.1. The van der Waals surface area contributed by atoms with Crippen molar-refractivity contribution in [1.29, 1.82) is 0 Å². The zero-order valence-electron chi connectivity index (χ0n) is 30.4. The molecule has 11 nitrogen and oxygen atoms in total. The predicted octanol–water partition coefficient (Wildman–Crippen LogP) is 4.31. The van der Waals surface area contributed by atoms with Crippen LogP contribution in [-0.2, 0) is 33.3 Å². The van der Waals surface area contributed by atoms with Gasteiger partial charge < -0.3 is 44.1 Å². The minimum atomic E-state index is -1.46. The van der Waals surface area contributed by atoms with Gasteiger partial charge in [-0.1, -0.05) is 77.0 Å². The van der Waals surface area contributed by atoms with Crippen LogP contribution in [-0.4, -0.2) is 99.7 Å². The summed E-state index contributed by atoms with van der Waals surface area (Å²) in [6.07, 6.45) is 6.19. The third kappa shape index (κ3) is 11.9. The lowest BCUT2D eigenvalue weighted by Crippen LogP contribution is -2.61. The van der Waals surface area contributed by atoms with Gasteiger partial charge in [-0.2, -0.15) is 0 Å². The second-order valence-corrected chi connectivity index (χ2v) is 14.2. The quantitative estimate of drug-likeness (QED) is 0.104. The van der Waals surface area contributed by atoms with Crippen molar-refractivity contribution >= 4 is 11.8 Å². The molecule has 0 aromatic rings. The fourth-order valence-electron chi connectivity index (χ4n) is 6.74. The van der Waals surface area contributed by atoms with E-state index in [0.29, 0.717) is 6.42 Å². The van der Waals surface area contributed by atoms with Crippen LogP contribution < -0.4 is 0 Å². The van der Waals surface area contributed by atoms with Gasteiger partial charge in [0.05, 0.1) is 24.4 Å². The number of carbonyl (C=O) groups is 2. The van der Waals surface area contributed by atoms with E-state index in [1.807, 2.05) is 52.0 Å². The summed E-state index contributed by atoms with van der Waals surface area (Å²) in [5.41, 5.74) is 0.960. The minimum Gasteiger partial charge on any atom is -0.455 e. The van der Waals surface area contributed by atoms with Crippen molar-refractivity contribution in [3.8, 4) is 0 Å². The number of hydrogen-bond acceptors (Lipinski definition) is 11. The van der Waals surface area contributed by atoms with E-state index in [9.17, 15) is 30.0 Å². The number of ether oxygens (including phenoxy) is 5. The Bertz CT molecular complexity index is 1170. The second kappa shape index (κ2) is 19.4. The van der Waals surface area contributed by atoms with Crippen LogP contribution in [0.2, 0.25) is 0 Å². The van der Waals surface area contributed by atoms with Gasteiger partial charge in [-0.25, -0.2) is 4.79 Å². The molecular weight excluding hydrogens is 632 g/mol. The second-order valence-electron chi connectivity index (χ2n) is 14.2. The summed E-state index contributed by atoms with van der Waals surface area (Å²) in [7, 11) is 0. The van der Waals surface area contributed by atoms with Crippen molar-refractivity contribution in [2.45, 2.75) is 155 Å². The molecule has 2 saturated heterocycles. The van der Waals surface area contributed by atoms with Crippen molar-refractivity contribution in [2.75, 3.05) is 0 Å². The summed E-state index contributed by atoms with van der Waals surface area (Å²) < 4.78 is 29.2. The molecule has 11 heteroatoms. The molecule has 0 radical (unpaired) electrons. The Morgan fingerprint density at radius 3 is 2.41 bits per heavy atom. The predicted molar refractivity (Wildman–Crippen MR) is 184 cm³/mol. The van der Waals surface area contributed by atoms with Crippen molar-refractivity contribution in [2.24, 2.45) is 23.7 Å². The molecule has 15 atom stereocenters. The van der Waals surface area contributed by atoms with E-state index in [1.54, 1.807) is 13.8 Å². The molecule has 0 aromatic carbocycles. The molecule has 0 saturated carbocycles. The highest BCUT2D eigenvalue weighted by molar-refractivity contribution is 5.85. The van der Waals surface area contributed by atoms with Gasteiger partial charge in [0, 0.05) is 30.8 Å². The van der Waals surface area contributed by atoms with Gasteiger partial charge >= 0.3 is 5.97 Å². The summed E-state index contributed by atoms with van der Waals surface area (Å²) in [5.74, 6) is -1.03. The van der Waals surface area contributed by atoms with Gasteiger partial charge in [-0.05, 0) is 51.5 Å². The average Bonchev–Trinajstić information content (AvgIpc) is 3.05. The first-order valence-corrected chi connectivity index (χ1v) is 17.9. The number of aliphatic hydroxyl groups is 4. The zero-order valence-corrected chi connectivity index (χ0v) is 30.4. The first kappa shape index (κ1) is 41.2. The molecule has 0 amide bonds. The Hall–Kier alpha value is -2.22. The van der Waals surface area contributed by atoms with Gasteiger partial charge in [-0.15, -0.1) is 0 Å². The standard InChI is InChI=1S/C38H60O11/c1-9-12-23(4)36(49-38-35(44)34(43)37(27(8)46-38)48-31-20-29(39)33(42)26(7)45-31)25(6)32(41)24(5)19-22(3)14-10-13-21(2)17-18-28-15-11-16-30(40)47-28/h10-11,14,16-19,21,23-29,31,33-39,42-44H,9,12-13,15,20H2,1-8H3/b14-10+,18-17+,22-19+/t21-,23-,24+,25+,26-,27+,28+,29-,31-,33+,34-,35+,36+,37-,38-/m0/s1. The monoisotopic (exact) mass is 692 g/mol. The SMILES string of the molecule is CCC[C@H](C)[C@@H](O[C@@H]1O[C@H](C)[C@H](O[C@H]2C[C@H](O)[C@H](O)[C@H](C)O2)[C@@H](O)[C@H]1O)[C@H](C)C(=O)[C@H](C)/C=C(C)/C=C/C[C@H](C)/C=C/[C@H]1CC=CC(=O)O1. The van der Waals surface area contributed by atoms with Crippen LogP contribution in [0.25, 0.3) is 0 Å². The molecule has 49 heavy (non-hydrogen) atoms. The highest BCUT2D eigenvalue weighted by Gasteiger charge is 2.48. The van der Waals surface area contributed by atoms with Gasteiger partial charge in [0.15, 0.2) is 12.6 Å². The molecule has 0 aromatic heterocycles. The molecule has 2 fully saturated rings. The van der Waals surface area contributed by atoms with E-state index >= 15 is 0 Å². The summed E-state index contributed by atoms with van der Waals surface area (Å²) in [5, 5.41) is 42.3. The Kier molecular flexibility index (Phi) is 16.3. The average molecular weight is 693 g/mol. The number of rotatable bonds is 16. The number of carbonyl (C=O) groups excluding carboxylic acids is 2. The molecule has 3 heterocycles. The number of hydrogen-bond donors (Lipinski definition) is 4. The lowest BCUT2D eigenvalue weighted by molar-refractivity contribution is -0.343. The molecule has 0 bridgehead atoms. The third-order valence-electron chi connectivity index (χ3n) is 9.69. The highest BCUT2D eigenvalue weighted by Crippen LogP contribution is 2.33. The first-order valence-electron chi connectivity index (χ1n) is 17.9. The van der Waals surface area contributed by atoms with Crippen LogP contribution in [0.1, 0.15) is 87.5 Å². The number of ketones is 1. The van der Waals surface area contributed by atoms with Crippen LogP contribution in [0.3, 0.4) is 0 Å². The van der Waals surface area contributed by atoms with Crippen LogP contribution in [0.5, 0.6) is 0 Å². The molecule has 0 unspecified atom stereocenters. The fraction of sp³-hybridized carbons (Fsp3) is 0.737. The fourth-order valence-corrected chi connectivity index (χ4v) is 6.74. The number of aliphatic hydroxyl groups excluding tert-OH is 4. The van der Waals surface area contributed by atoms with Crippen molar-refractivity contribution in [3.05, 3.63) is 48.1 Å².